The summed E-state index contributed by atoms with van der Waals surface area (Å²) >= 11 is 1.72. The van der Waals surface area contributed by atoms with E-state index in [-0.39, 0.29) is 0 Å². The number of hydrogen-bond acceptors (Lipinski definition) is 4. The molecule has 0 amide bonds. The lowest BCUT2D eigenvalue weighted by molar-refractivity contribution is 0.989. The maximum Gasteiger partial charge on any atom is 0.116 e. The topological polar surface area (TPSA) is 51.8 Å². The van der Waals surface area contributed by atoms with Gasteiger partial charge in [0.2, 0.25) is 0 Å². The van der Waals surface area contributed by atoms with E-state index in [0.29, 0.717) is 6.54 Å². The molecule has 0 saturated heterocycles. The largest absolute Gasteiger partial charge is 0.330 e. The van der Waals surface area contributed by atoms with Crippen molar-refractivity contribution < 1.29 is 0 Å². The standard InChI is InChI=1S/C8H9N3S/c9-2-1-6-3-7-8(12-6)4-10-5-11-7/h3-5H,1-2,9H2. The zero-order valence-corrected chi connectivity index (χ0v) is 7.34. The van der Waals surface area contributed by atoms with Crippen molar-refractivity contribution in [1.29, 1.82) is 0 Å². The van der Waals surface area contributed by atoms with Crippen molar-refractivity contribution in [1.82, 2.24) is 9.97 Å². The van der Waals surface area contributed by atoms with Gasteiger partial charge in [-0.1, -0.05) is 0 Å². The van der Waals surface area contributed by atoms with Gasteiger partial charge in [0.25, 0.3) is 0 Å². The molecular formula is C8H9N3S. The van der Waals surface area contributed by atoms with Crippen LogP contribution in [0.4, 0.5) is 0 Å². The fourth-order valence-corrected chi connectivity index (χ4v) is 2.10. The Morgan fingerprint density at radius 2 is 2.42 bits per heavy atom. The minimum atomic E-state index is 0.695. The van der Waals surface area contributed by atoms with Gasteiger partial charge in [-0.3, -0.25) is 0 Å². The van der Waals surface area contributed by atoms with Gasteiger partial charge < -0.3 is 5.73 Å². The molecule has 0 aromatic carbocycles. The minimum Gasteiger partial charge on any atom is -0.330 e. The first-order chi connectivity index (χ1) is 5.90. The molecule has 2 aromatic heterocycles. The van der Waals surface area contributed by atoms with E-state index < -0.39 is 0 Å². The molecule has 2 heterocycles. The number of nitrogens with two attached hydrogens (primary N) is 1. The molecule has 4 heteroatoms. The van der Waals surface area contributed by atoms with Crippen LogP contribution in [0.5, 0.6) is 0 Å². The zero-order valence-electron chi connectivity index (χ0n) is 6.53. The quantitative estimate of drug-likeness (QED) is 0.753. The van der Waals surface area contributed by atoms with E-state index in [0.717, 1.165) is 16.6 Å². The lowest BCUT2D eigenvalue weighted by Gasteiger charge is -1.86. The first-order valence-corrected chi connectivity index (χ1v) is 4.60. The van der Waals surface area contributed by atoms with E-state index in [9.17, 15) is 0 Å². The first-order valence-electron chi connectivity index (χ1n) is 3.78. The third-order valence-corrected chi connectivity index (χ3v) is 2.76. The van der Waals surface area contributed by atoms with E-state index in [2.05, 4.69) is 16.0 Å². The van der Waals surface area contributed by atoms with Crippen LogP contribution < -0.4 is 5.73 Å². The molecule has 0 unspecified atom stereocenters. The highest BCUT2D eigenvalue weighted by Crippen LogP contribution is 2.22. The van der Waals surface area contributed by atoms with Crippen LogP contribution in [-0.4, -0.2) is 16.5 Å². The summed E-state index contributed by atoms with van der Waals surface area (Å²) in [6, 6.07) is 2.08. The van der Waals surface area contributed by atoms with Gasteiger partial charge in [-0.2, -0.15) is 0 Å². The summed E-state index contributed by atoms with van der Waals surface area (Å²) in [6.07, 6.45) is 4.34. The fourth-order valence-electron chi connectivity index (χ4n) is 1.10. The van der Waals surface area contributed by atoms with Gasteiger partial charge in [-0.25, -0.2) is 9.97 Å². The molecule has 0 aliphatic rings. The molecule has 12 heavy (non-hydrogen) atoms. The molecule has 2 aromatic rings. The van der Waals surface area contributed by atoms with Crippen LogP contribution in [0, 0.1) is 0 Å². The van der Waals surface area contributed by atoms with Gasteiger partial charge in [-0.15, -0.1) is 11.3 Å². The number of nitrogens with zero attached hydrogens (tertiary/aromatic N) is 2. The second kappa shape index (κ2) is 3.16. The van der Waals surface area contributed by atoms with Crippen LogP contribution >= 0.6 is 11.3 Å². The molecular weight excluding hydrogens is 170 g/mol. The highest BCUT2D eigenvalue weighted by atomic mass is 32.1. The summed E-state index contributed by atoms with van der Waals surface area (Å²) in [6.45, 7) is 0.695. The van der Waals surface area contributed by atoms with Crippen molar-refractivity contribution in [2.75, 3.05) is 6.54 Å². The minimum absolute atomic E-state index is 0.695. The molecule has 0 radical (unpaired) electrons. The van der Waals surface area contributed by atoms with Crippen molar-refractivity contribution in [3.8, 4) is 0 Å². The summed E-state index contributed by atoms with van der Waals surface area (Å²) in [7, 11) is 0. The maximum absolute atomic E-state index is 5.45. The van der Waals surface area contributed by atoms with Crippen molar-refractivity contribution in [2.45, 2.75) is 6.42 Å². The van der Waals surface area contributed by atoms with Gasteiger partial charge in [-0.05, 0) is 19.0 Å². The van der Waals surface area contributed by atoms with Crippen molar-refractivity contribution in [3.63, 3.8) is 0 Å². The Hall–Kier alpha value is -1.00. The Kier molecular flexibility index (Phi) is 2.01. The molecule has 2 rings (SSSR count). The average molecular weight is 179 g/mol. The SMILES string of the molecule is NCCc1cc2ncncc2s1. The van der Waals surface area contributed by atoms with Crippen LogP contribution in [-0.2, 0) is 6.42 Å². The second-order valence-electron chi connectivity index (χ2n) is 2.52. The number of hydrogen-bond donors (Lipinski definition) is 1. The normalized spacial score (nSPS) is 10.8. The van der Waals surface area contributed by atoms with Crippen LogP contribution in [0.2, 0.25) is 0 Å². The molecule has 62 valence electrons. The van der Waals surface area contributed by atoms with Crippen LogP contribution in [0.25, 0.3) is 10.2 Å². The van der Waals surface area contributed by atoms with E-state index in [1.165, 1.54) is 4.88 Å². The molecule has 0 aliphatic carbocycles. The predicted octanol–water partition coefficient (Wildman–Crippen LogP) is 1.19. The molecule has 3 nitrogen and oxygen atoms in total. The van der Waals surface area contributed by atoms with Crippen LogP contribution in [0.3, 0.4) is 0 Å². The summed E-state index contributed by atoms with van der Waals surface area (Å²) in [5.74, 6) is 0. The summed E-state index contributed by atoms with van der Waals surface area (Å²) < 4.78 is 1.14. The number of thiophene rings is 1. The Labute approximate surface area is 74.3 Å². The number of fused-ring (bicyclic) bond motifs is 1. The lowest BCUT2D eigenvalue weighted by Crippen LogP contribution is -2.00. The molecule has 0 fully saturated rings. The van der Waals surface area contributed by atoms with E-state index in [4.69, 9.17) is 5.73 Å². The van der Waals surface area contributed by atoms with Crippen molar-refractivity contribution in [3.05, 3.63) is 23.5 Å². The first kappa shape index (κ1) is 7.64. The van der Waals surface area contributed by atoms with Gasteiger partial charge >= 0.3 is 0 Å². The van der Waals surface area contributed by atoms with Crippen LogP contribution in [0.1, 0.15) is 4.88 Å². The highest BCUT2D eigenvalue weighted by Gasteiger charge is 2.00. The summed E-state index contributed by atoms with van der Waals surface area (Å²) in [4.78, 5) is 9.38. The number of rotatable bonds is 2. The van der Waals surface area contributed by atoms with Crippen LogP contribution in [0.15, 0.2) is 18.6 Å². The van der Waals surface area contributed by atoms with Gasteiger partial charge in [0.05, 0.1) is 10.2 Å². The Balaban J connectivity index is 2.47. The Morgan fingerprint density at radius 3 is 3.17 bits per heavy atom. The van der Waals surface area contributed by atoms with E-state index in [1.807, 2.05) is 6.20 Å². The lowest BCUT2D eigenvalue weighted by atomic mass is 10.3. The summed E-state index contributed by atoms with van der Waals surface area (Å²) in [5.41, 5.74) is 6.48. The molecule has 0 saturated carbocycles. The van der Waals surface area contributed by atoms with Crippen molar-refractivity contribution in [2.24, 2.45) is 5.73 Å². The smallest absolute Gasteiger partial charge is 0.116 e. The zero-order chi connectivity index (χ0) is 8.39. The second-order valence-corrected chi connectivity index (χ2v) is 3.69. The van der Waals surface area contributed by atoms with E-state index >= 15 is 0 Å². The van der Waals surface area contributed by atoms with E-state index in [1.54, 1.807) is 17.7 Å². The third kappa shape index (κ3) is 1.31. The molecule has 2 N–H and O–H groups in total. The molecule has 0 aliphatic heterocycles. The maximum atomic E-state index is 5.45. The number of aromatic nitrogens is 2. The Bertz CT molecular complexity index is 349. The predicted molar refractivity (Wildman–Crippen MR) is 50.2 cm³/mol. The highest BCUT2D eigenvalue weighted by molar-refractivity contribution is 7.18. The average Bonchev–Trinajstić information content (AvgIpc) is 2.47. The monoisotopic (exact) mass is 179 g/mol. The molecule has 0 atom stereocenters. The molecule has 0 bridgehead atoms. The van der Waals surface area contributed by atoms with Gasteiger partial charge in [0.15, 0.2) is 0 Å². The third-order valence-electron chi connectivity index (χ3n) is 1.64. The molecule has 0 spiro atoms. The fraction of sp³-hybridized carbons (Fsp3) is 0.250. The van der Waals surface area contributed by atoms with Gasteiger partial charge in [0, 0.05) is 11.1 Å². The van der Waals surface area contributed by atoms with Gasteiger partial charge in [0.1, 0.15) is 6.33 Å². The Morgan fingerprint density at radius 1 is 1.50 bits per heavy atom. The van der Waals surface area contributed by atoms with Crippen molar-refractivity contribution >= 4 is 21.6 Å². The summed E-state index contributed by atoms with van der Waals surface area (Å²) in [5, 5.41) is 0.